The Morgan fingerprint density at radius 2 is 2.30 bits per heavy atom. The van der Waals surface area contributed by atoms with Crippen LogP contribution in [0.1, 0.15) is 33.9 Å². The van der Waals surface area contributed by atoms with Crippen LogP contribution in [0.15, 0.2) is 4.99 Å². The first-order valence-electron chi connectivity index (χ1n) is 6.14. The monoisotopic (exact) mass is 291 g/mol. The number of Topliss-reactive ketones (excluding diaryl/α,β-unsaturated/α-hetero) is 1. The maximum atomic E-state index is 11.9. The number of aliphatic imine (C=N–C) groups is 1. The largest absolute Gasteiger partial charge is 0.468 e. The number of nitrogens with zero attached hydrogens (tertiary/aromatic N) is 3. The van der Waals surface area contributed by atoms with Crippen molar-refractivity contribution >= 4 is 39.7 Å². The molecular weight excluding hydrogens is 278 g/mol. The van der Waals surface area contributed by atoms with Crippen LogP contribution >= 0.6 is 11.3 Å². The van der Waals surface area contributed by atoms with Crippen LogP contribution in [0.5, 0.6) is 0 Å². The summed E-state index contributed by atoms with van der Waals surface area (Å²) in [5, 5.41) is 0.687. The second-order valence-electron chi connectivity index (χ2n) is 4.66. The van der Waals surface area contributed by atoms with Crippen LogP contribution in [0.3, 0.4) is 0 Å². The number of fused-ring (bicyclic) bond motifs is 3. The van der Waals surface area contributed by atoms with Crippen LogP contribution in [-0.4, -0.2) is 41.2 Å². The summed E-state index contributed by atoms with van der Waals surface area (Å²) in [5.74, 6) is -0.732. The first-order chi connectivity index (χ1) is 9.54. The maximum absolute atomic E-state index is 11.9. The van der Waals surface area contributed by atoms with E-state index in [9.17, 15) is 9.59 Å². The van der Waals surface area contributed by atoms with E-state index in [4.69, 9.17) is 4.74 Å². The molecule has 0 fully saturated rings. The zero-order valence-corrected chi connectivity index (χ0v) is 12.2. The summed E-state index contributed by atoms with van der Waals surface area (Å²) in [5.41, 5.74) is 2.16. The summed E-state index contributed by atoms with van der Waals surface area (Å²) in [6.45, 7) is 1.94. The van der Waals surface area contributed by atoms with E-state index >= 15 is 0 Å². The number of hydrogen-bond acceptors (Lipinski definition) is 6. The molecule has 7 heteroatoms. The third-order valence-electron chi connectivity index (χ3n) is 3.42. The summed E-state index contributed by atoms with van der Waals surface area (Å²) in [6, 6.07) is 0. The van der Waals surface area contributed by atoms with Crippen molar-refractivity contribution in [1.29, 1.82) is 0 Å². The fraction of sp³-hybridized carbons (Fsp3) is 0.385. The van der Waals surface area contributed by atoms with Gasteiger partial charge in [-0.3, -0.25) is 14.6 Å². The Morgan fingerprint density at radius 3 is 3.00 bits per heavy atom. The molecule has 3 heterocycles. The molecule has 0 bridgehead atoms. The molecule has 2 aromatic rings. The van der Waals surface area contributed by atoms with Crippen molar-refractivity contribution in [2.45, 2.75) is 12.8 Å². The number of ether oxygens (including phenoxy) is 1. The molecular formula is C13H13N3O3S. The van der Waals surface area contributed by atoms with Crippen molar-refractivity contribution in [2.24, 2.45) is 12.0 Å². The van der Waals surface area contributed by atoms with Crippen LogP contribution in [0.4, 0.5) is 0 Å². The zero-order valence-electron chi connectivity index (χ0n) is 11.3. The minimum absolute atomic E-state index is 0.00207. The van der Waals surface area contributed by atoms with Crippen LogP contribution in [0.2, 0.25) is 0 Å². The van der Waals surface area contributed by atoms with E-state index in [-0.39, 0.29) is 18.3 Å². The van der Waals surface area contributed by atoms with E-state index in [0.29, 0.717) is 16.3 Å². The van der Waals surface area contributed by atoms with Crippen LogP contribution in [0, 0.1) is 0 Å². The van der Waals surface area contributed by atoms with Crippen molar-refractivity contribution in [2.75, 3.05) is 13.7 Å². The van der Waals surface area contributed by atoms with Gasteiger partial charge in [-0.25, -0.2) is 4.98 Å². The summed E-state index contributed by atoms with van der Waals surface area (Å²) < 4.78 is 7.41. The van der Waals surface area contributed by atoms with Crippen molar-refractivity contribution in [3.63, 3.8) is 0 Å². The average molecular weight is 291 g/mol. The minimum atomic E-state index is -0.413. The van der Waals surface area contributed by atoms with E-state index < -0.39 is 5.92 Å². The first-order valence-corrected chi connectivity index (χ1v) is 6.96. The predicted octanol–water partition coefficient (Wildman–Crippen LogP) is 1.53. The van der Waals surface area contributed by atoms with Gasteiger partial charge in [0, 0.05) is 18.8 Å². The molecule has 0 radical (unpaired) electrons. The Kier molecular flexibility index (Phi) is 2.93. The normalized spacial score (nSPS) is 15.4. The number of aromatic nitrogens is 2. The lowest BCUT2D eigenvalue weighted by Gasteiger charge is -2.07. The smallest absolute Gasteiger partial charge is 0.315 e. The maximum Gasteiger partial charge on any atom is 0.315 e. The lowest BCUT2D eigenvalue weighted by molar-refractivity contribution is -0.141. The highest BCUT2D eigenvalue weighted by molar-refractivity contribution is 7.19. The lowest BCUT2D eigenvalue weighted by Crippen LogP contribution is -2.15. The van der Waals surface area contributed by atoms with E-state index in [1.165, 1.54) is 18.4 Å². The van der Waals surface area contributed by atoms with Gasteiger partial charge in [-0.1, -0.05) is 0 Å². The molecule has 20 heavy (non-hydrogen) atoms. The molecule has 1 unspecified atom stereocenters. The van der Waals surface area contributed by atoms with Crippen LogP contribution < -0.4 is 0 Å². The van der Waals surface area contributed by atoms with Crippen LogP contribution in [-0.2, 0) is 16.6 Å². The standard InChI is InChI=1S/C13H13N3O3S/c1-6(13(18)19-3)12-15-11-10(20-12)7-4-14-5-8(17)9(7)16(11)2/h4,6H,5H2,1-3H3. The van der Waals surface area contributed by atoms with Crippen molar-refractivity contribution in [3.8, 4) is 0 Å². The van der Waals surface area contributed by atoms with Gasteiger partial charge in [0.05, 0.1) is 17.5 Å². The summed E-state index contributed by atoms with van der Waals surface area (Å²) >= 11 is 1.41. The number of thiazole rings is 1. The number of methoxy groups -OCH3 is 1. The molecule has 1 aliphatic heterocycles. The third kappa shape index (κ3) is 1.70. The molecule has 2 aromatic heterocycles. The molecule has 0 aliphatic carbocycles. The third-order valence-corrected chi connectivity index (χ3v) is 4.68. The second-order valence-corrected chi connectivity index (χ2v) is 5.69. The highest BCUT2D eigenvalue weighted by atomic mass is 32.1. The number of ketones is 1. The van der Waals surface area contributed by atoms with Gasteiger partial charge in [0.2, 0.25) is 5.78 Å². The molecule has 0 N–H and O–H groups in total. The number of carbonyl (C=O) groups excluding carboxylic acids is 2. The lowest BCUT2D eigenvalue weighted by atomic mass is 10.1. The highest BCUT2D eigenvalue weighted by Crippen LogP contribution is 2.34. The highest BCUT2D eigenvalue weighted by Gasteiger charge is 2.27. The predicted molar refractivity (Wildman–Crippen MR) is 75.8 cm³/mol. The number of esters is 1. The molecule has 0 spiro atoms. The van der Waals surface area contributed by atoms with Gasteiger partial charge < -0.3 is 9.30 Å². The molecule has 0 aromatic carbocycles. The average Bonchev–Trinajstić information content (AvgIpc) is 2.98. The molecule has 1 aliphatic rings. The Morgan fingerprint density at radius 1 is 1.55 bits per heavy atom. The van der Waals surface area contributed by atoms with Crippen molar-refractivity contribution < 1.29 is 14.3 Å². The fourth-order valence-electron chi connectivity index (χ4n) is 2.34. The molecule has 0 saturated carbocycles. The molecule has 6 nitrogen and oxygen atoms in total. The van der Waals surface area contributed by atoms with Crippen molar-refractivity contribution in [1.82, 2.24) is 9.55 Å². The summed E-state index contributed by atoms with van der Waals surface area (Å²) in [4.78, 5) is 32.1. The topological polar surface area (TPSA) is 73.5 Å². The van der Waals surface area contributed by atoms with Gasteiger partial charge in [0.1, 0.15) is 17.5 Å². The van der Waals surface area contributed by atoms with Gasteiger partial charge in [-0.2, -0.15) is 0 Å². The number of aryl methyl sites for hydroxylation is 1. The van der Waals surface area contributed by atoms with E-state index in [0.717, 1.165) is 10.3 Å². The Hall–Kier alpha value is -2.02. The molecule has 1 atom stereocenters. The molecule has 3 rings (SSSR count). The Labute approximate surface area is 119 Å². The molecule has 0 saturated heterocycles. The summed E-state index contributed by atoms with van der Waals surface area (Å²) in [7, 11) is 3.17. The second kappa shape index (κ2) is 4.52. The fourth-order valence-corrected chi connectivity index (χ4v) is 3.49. The summed E-state index contributed by atoms with van der Waals surface area (Å²) in [6.07, 6.45) is 1.71. The Balaban J connectivity index is 2.17. The molecule has 0 amide bonds. The van der Waals surface area contributed by atoms with Crippen molar-refractivity contribution in [3.05, 3.63) is 16.3 Å². The van der Waals surface area contributed by atoms with E-state index in [2.05, 4.69) is 9.98 Å². The van der Waals surface area contributed by atoms with E-state index in [1.807, 2.05) is 7.05 Å². The number of rotatable bonds is 2. The van der Waals surface area contributed by atoms with E-state index in [1.54, 1.807) is 17.7 Å². The van der Waals surface area contributed by atoms with Gasteiger partial charge >= 0.3 is 5.97 Å². The minimum Gasteiger partial charge on any atom is -0.468 e. The zero-order chi connectivity index (χ0) is 14.4. The molecule has 104 valence electrons. The van der Waals surface area contributed by atoms with Gasteiger partial charge in [0.15, 0.2) is 5.65 Å². The Bertz CT molecular complexity index is 757. The van der Waals surface area contributed by atoms with Gasteiger partial charge in [-0.15, -0.1) is 11.3 Å². The first kappa shape index (κ1) is 13.0. The quantitative estimate of drug-likeness (QED) is 0.786. The number of hydrogen-bond donors (Lipinski definition) is 0. The van der Waals surface area contributed by atoms with Gasteiger partial charge in [-0.05, 0) is 6.92 Å². The SMILES string of the molecule is COC(=O)C(C)c1nc2c(s1)c1c(n2C)C(=O)CN=C1. The number of carbonyl (C=O) groups is 2. The van der Waals surface area contributed by atoms with Crippen LogP contribution in [0.25, 0.3) is 10.3 Å². The van der Waals surface area contributed by atoms with Gasteiger partial charge in [0.25, 0.3) is 0 Å².